The zero-order chi connectivity index (χ0) is 15.5. The Kier molecular flexibility index (Phi) is 5.40. The zero-order valence-corrected chi connectivity index (χ0v) is 13.9. The van der Waals surface area contributed by atoms with E-state index < -0.39 is 10.0 Å². The molecule has 0 bridgehead atoms. The van der Waals surface area contributed by atoms with Crippen LogP contribution in [-0.2, 0) is 23.1 Å². The average Bonchev–Trinajstić information content (AvgIpc) is 2.98. The molecule has 1 heterocycles. The van der Waals surface area contributed by atoms with Crippen molar-refractivity contribution in [3.05, 3.63) is 51.2 Å². The second-order valence-electron chi connectivity index (χ2n) is 4.57. The second kappa shape index (κ2) is 6.89. The van der Waals surface area contributed by atoms with E-state index >= 15 is 0 Å². The molecule has 0 saturated carbocycles. The van der Waals surface area contributed by atoms with Crippen molar-refractivity contribution in [3.8, 4) is 0 Å². The highest BCUT2D eigenvalue weighted by Crippen LogP contribution is 2.23. The van der Waals surface area contributed by atoms with Gasteiger partial charge in [0.25, 0.3) is 0 Å². The molecular weight excluding hydrogens is 330 g/mol. The SMILES string of the molecule is CN(CCc1cccs1)S(=O)(=O)c1ccc(Cl)c(CO)c1. The summed E-state index contributed by atoms with van der Waals surface area (Å²) in [6.07, 6.45) is 0.674. The van der Waals surface area contributed by atoms with E-state index in [2.05, 4.69) is 0 Å². The third-order valence-electron chi connectivity index (χ3n) is 3.15. The van der Waals surface area contributed by atoms with Crippen molar-refractivity contribution in [2.45, 2.75) is 17.9 Å². The van der Waals surface area contributed by atoms with Crippen LogP contribution in [0.5, 0.6) is 0 Å². The van der Waals surface area contributed by atoms with Crippen LogP contribution in [0, 0.1) is 0 Å². The molecule has 0 atom stereocenters. The Hall–Kier alpha value is -0.920. The summed E-state index contributed by atoms with van der Waals surface area (Å²) in [6.45, 7) is 0.112. The van der Waals surface area contributed by atoms with Gasteiger partial charge in [-0.25, -0.2) is 12.7 Å². The van der Waals surface area contributed by atoms with Gasteiger partial charge in [-0.15, -0.1) is 11.3 Å². The Labute approximate surface area is 133 Å². The van der Waals surface area contributed by atoms with Gasteiger partial charge < -0.3 is 5.11 Å². The molecule has 2 aromatic rings. The Morgan fingerprint density at radius 3 is 2.71 bits per heavy atom. The first-order valence-corrected chi connectivity index (χ1v) is 9.03. The molecule has 7 heteroatoms. The van der Waals surface area contributed by atoms with Gasteiger partial charge in [0.1, 0.15) is 0 Å². The van der Waals surface area contributed by atoms with Gasteiger partial charge in [-0.3, -0.25) is 0 Å². The first-order chi connectivity index (χ1) is 9.95. The van der Waals surface area contributed by atoms with Crippen molar-refractivity contribution < 1.29 is 13.5 Å². The summed E-state index contributed by atoms with van der Waals surface area (Å²) in [5.74, 6) is 0. The molecule has 2 rings (SSSR count). The largest absolute Gasteiger partial charge is 0.392 e. The van der Waals surface area contributed by atoms with E-state index in [1.54, 1.807) is 18.4 Å². The number of aliphatic hydroxyl groups excluding tert-OH is 1. The fourth-order valence-corrected chi connectivity index (χ4v) is 3.95. The van der Waals surface area contributed by atoms with Crippen LogP contribution in [0.4, 0.5) is 0 Å². The Bertz CT molecular complexity index is 699. The maximum absolute atomic E-state index is 12.5. The first kappa shape index (κ1) is 16.5. The Morgan fingerprint density at radius 1 is 1.33 bits per heavy atom. The number of benzene rings is 1. The molecule has 0 fully saturated rings. The minimum Gasteiger partial charge on any atom is -0.392 e. The van der Waals surface area contributed by atoms with Crippen LogP contribution >= 0.6 is 22.9 Å². The van der Waals surface area contributed by atoms with Crippen LogP contribution < -0.4 is 0 Å². The molecule has 0 amide bonds. The zero-order valence-electron chi connectivity index (χ0n) is 11.5. The Morgan fingerprint density at radius 2 is 2.10 bits per heavy atom. The molecule has 0 aliphatic rings. The van der Waals surface area contributed by atoms with Crippen LogP contribution in [0.2, 0.25) is 5.02 Å². The monoisotopic (exact) mass is 345 g/mol. The summed E-state index contributed by atoms with van der Waals surface area (Å²) < 4.78 is 26.3. The highest BCUT2D eigenvalue weighted by molar-refractivity contribution is 7.89. The number of sulfonamides is 1. The van der Waals surface area contributed by atoms with Crippen molar-refractivity contribution in [1.29, 1.82) is 0 Å². The summed E-state index contributed by atoms with van der Waals surface area (Å²) in [6, 6.07) is 8.30. The van der Waals surface area contributed by atoms with Gasteiger partial charge in [-0.1, -0.05) is 17.7 Å². The topological polar surface area (TPSA) is 57.6 Å². The lowest BCUT2D eigenvalue weighted by molar-refractivity contribution is 0.281. The second-order valence-corrected chi connectivity index (χ2v) is 8.05. The predicted molar refractivity (Wildman–Crippen MR) is 85.2 cm³/mol. The predicted octanol–water partition coefficient (Wildman–Crippen LogP) is 2.76. The van der Waals surface area contributed by atoms with Crippen LogP contribution in [0.1, 0.15) is 10.4 Å². The summed E-state index contributed by atoms with van der Waals surface area (Å²) in [5, 5.41) is 11.5. The van der Waals surface area contributed by atoms with Crippen LogP contribution in [-0.4, -0.2) is 31.4 Å². The van der Waals surface area contributed by atoms with Crippen LogP contribution in [0.25, 0.3) is 0 Å². The van der Waals surface area contributed by atoms with Gasteiger partial charge in [0.15, 0.2) is 0 Å². The highest BCUT2D eigenvalue weighted by atomic mass is 35.5. The molecule has 4 nitrogen and oxygen atoms in total. The van der Waals surface area contributed by atoms with Crippen molar-refractivity contribution in [2.24, 2.45) is 0 Å². The van der Waals surface area contributed by atoms with Gasteiger partial charge in [0, 0.05) is 23.5 Å². The molecule has 1 aromatic carbocycles. The maximum atomic E-state index is 12.5. The average molecular weight is 346 g/mol. The van der Waals surface area contributed by atoms with Gasteiger partial charge >= 0.3 is 0 Å². The van der Waals surface area contributed by atoms with E-state index in [0.717, 1.165) is 4.88 Å². The van der Waals surface area contributed by atoms with E-state index in [4.69, 9.17) is 11.6 Å². The fourth-order valence-electron chi connectivity index (χ4n) is 1.86. The molecule has 21 heavy (non-hydrogen) atoms. The maximum Gasteiger partial charge on any atom is 0.242 e. The lowest BCUT2D eigenvalue weighted by atomic mass is 10.2. The molecule has 0 unspecified atom stereocenters. The van der Waals surface area contributed by atoms with Gasteiger partial charge in [0.05, 0.1) is 11.5 Å². The molecular formula is C14H16ClNO3S2. The summed E-state index contributed by atoms with van der Waals surface area (Å²) in [7, 11) is -2.02. The van der Waals surface area contributed by atoms with Crippen LogP contribution in [0.3, 0.4) is 0 Å². The van der Waals surface area contributed by atoms with Crippen molar-refractivity contribution in [2.75, 3.05) is 13.6 Å². The Balaban J connectivity index is 2.16. The number of rotatable bonds is 6. The summed E-state index contributed by atoms with van der Waals surface area (Å²) in [5.41, 5.74) is 0.407. The lowest BCUT2D eigenvalue weighted by Crippen LogP contribution is -2.29. The minimum atomic E-state index is -3.57. The lowest BCUT2D eigenvalue weighted by Gasteiger charge is -2.17. The van der Waals surface area contributed by atoms with E-state index in [0.29, 0.717) is 23.6 Å². The normalized spacial score (nSPS) is 12.0. The quantitative estimate of drug-likeness (QED) is 0.875. The number of halogens is 1. The van der Waals surface area contributed by atoms with E-state index in [9.17, 15) is 13.5 Å². The van der Waals surface area contributed by atoms with E-state index in [1.807, 2.05) is 17.5 Å². The number of nitrogens with zero attached hydrogens (tertiary/aromatic N) is 1. The first-order valence-electron chi connectivity index (χ1n) is 6.33. The van der Waals surface area contributed by atoms with Gasteiger partial charge in [0.2, 0.25) is 10.0 Å². The van der Waals surface area contributed by atoms with Crippen molar-refractivity contribution in [1.82, 2.24) is 4.31 Å². The fraction of sp³-hybridized carbons (Fsp3) is 0.286. The third-order valence-corrected chi connectivity index (χ3v) is 6.31. The highest BCUT2D eigenvalue weighted by Gasteiger charge is 2.21. The van der Waals surface area contributed by atoms with E-state index in [-0.39, 0.29) is 11.5 Å². The molecule has 0 aliphatic carbocycles. The molecule has 114 valence electrons. The standard InChI is InChI=1S/C14H16ClNO3S2/c1-16(7-6-12-3-2-8-20-12)21(18,19)13-4-5-14(15)11(9-13)10-17/h2-5,8-9,17H,6-7,10H2,1H3. The number of hydrogen-bond donors (Lipinski definition) is 1. The van der Waals surface area contributed by atoms with Crippen molar-refractivity contribution in [3.63, 3.8) is 0 Å². The number of aliphatic hydroxyl groups is 1. The smallest absolute Gasteiger partial charge is 0.242 e. The molecule has 1 aromatic heterocycles. The molecule has 0 radical (unpaired) electrons. The van der Waals surface area contributed by atoms with Gasteiger partial charge in [-0.05, 0) is 41.6 Å². The van der Waals surface area contributed by atoms with Crippen LogP contribution in [0.15, 0.2) is 40.6 Å². The molecule has 1 N–H and O–H groups in total. The van der Waals surface area contributed by atoms with Crippen molar-refractivity contribution >= 4 is 33.0 Å². The summed E-state index contributed by atoms with van der Waals surface area (Å²) >= 11 is 7.50. The van der Waals surface area contributed by atoms with Gasteiger partial charge in [-0.2, -0.15) is 0 Å². The molecule has 0 aliphatic heterocycles. The third kappa shape index (κ3) is 3.84. The summed E-state index contributed by atoms with van der Waals surface area (Å²) in [4.78, 5) is 1.29. The minimum absolute atomic E-state index is 0.143. The number of thiophene rings is 1. The number of hydrogen-bond acceptors (Lipinski definition) is 4. The van der Waals surface area contributed by atoms with E-state index in [1.165, 1.54) is 22.5 Å². The molecule has 0 spiro atoms. The number of likely N-dealkylation sites (N-methyl/N-ethyl adjacent to an activating group) is 1. The molecule has 0 saturated heterocycles.